The lowest BCUT2D eigenvalue weighted by Gasteiger charge is -2.27. The van der Waals surface area contributed by atoms with Gasteiger partial charge in [-0.25, -0.2) is 4.98 Å². The van der Waals surface area contributed by atoms with Gasteiger partial charge in [0.2, 0.25) is 11.2 Å². The van der Waals surface area contributed by atoms with E-state index in [0.717, 1.165) is 18.4 Å². The molecule has 0 spiro atoms. The highest BCUT2D eigenvalue weighted by Gasteiger charge is 2.23. The van der Waals surface area contributed by atoms with Crippen LogP contribution in [0.3, 0.4) is 0 Å². The van der Waals surface area contributed by atoms with Crippen LogP contribution in [-0.4, -0.2) is 72.1 Å². The standard InChI is InChI=1S/C24H32ClN6O4P/c1-35-19(14-31(20(32)15-36(33)34)13-17-7-3-2-4-8-17)11-12-30-16-26-21-22(27-18-9-5-6-10-18)28-24(25)29-23(21)30/h2-4,7-8,16,18-19,33-34H,5-6,9-15H2,1H3,(H,27,28,29). The van der Waals surface area contributed by atoms with Crippen molar-refractivity contribution in [3.63, 3.8) is 0 Å². The molecule has 36 heavy (non-hydrogen) atoms. The first-order chi connectivity index (χ1) is 17.4. The maximum atomic E-state index is 12.7. The second-order valence-electron chi connectivity index (χ2n) is 9.01. The predicted octanol–water partition coefficient (Wildman–Crippen LogP) is 3.56. The number of aryl methyl sites for hydroxylation is 1. The van der Waals surface area contributed by atoms with Gasteiger partial charge in [0, 0.05) is 32.8 Å². The van der Waals surface area contributed by atoms with E-state index in [1.807, 2.05) is 34.9 Å². The number of anilines is 1. The number of carbonyl (C=O) groups excluding carboxylic acids is 1. The first-order valence-electron chi connectivity index (χ1n) is 12.1. The van der Waals surface area contributed by atoms with Crippen LogP contribution < -0.4 is 5.32 Å². The zero-order valence-electron chi connectivity index (χ0n) is 20.3. The van der Waals surface area contributed by atoms with Gasteiger partial charge in [-0.15, -0.1) is 0 Å². The summed E-state index contributed by atoms with van der Waals surface area (Å²) in [5.41, 5.74) is 2.28. The van der Waals surface area contributed by atoms with Gasteiger partial charge in [-0.2, -0.15) is 9.97 Å². The van der Waals surface area contributed by atoms with Gasteiger partial charge >= 0.3 is 0 Å². The molecule has 1 unspecified atom stereocenters. The van der Waals surface area contributed by atoms with Crippen LogP contribution in [0.1, 0.15) is 37.7 Å². The fourth-order valence-corrected chi connectivity index (χ4v) is 5.14. The molecule has 0 saturated heterocycles. The van der Waals surface area contributed by atoms with E-state index in [0.29, 0.717) is 49.1 Å². The summed E-state index contributed by atoms with van der Waals surface area (Å²) in [6, 6.07) is 9.96. The smallest absolute Gasteiger partial charge is 0.231 e. The minimum Gasteiger partial charge on any atom is -0.380 e. The predicted molar refractivity (Wildman–Crippen MR) is 140 cm³/mol. The number of benzene rings is 1. The zero-order chi connectivity index (χ0) is 25.5. The van der Waals surface area contributed by atoms with Crippen LogP contribution in [0, 0.1) is 0 Å². The van der Waals surface area contributed by atoms with E-state index in [1.165, 1.54) is 12.8 Å². The number of methoxy groups -OCH3 is 1. The summed E-state index contributed by atoms with van der Waals surface area (Å²) in [5.74, 6) is 0.329. The quantitative estimate of drug-likeness (QED) is 0.238. The number of nitrogens with zero attached hydrogens (tertiary/aromatic N) is 5. The Hall–Kier alpha value is -2.36. The molecule has 1 aromatic carbocycles. The maximum Gasteiger partial charge on any atom is 0.231 e. The number of ether oxygens (including phenoxy) is 1. The SMILES string of the molecule is COC(CCn1cnc2c(NC3CCCC3)nc(Cl)nc21)CN(Cc1ccccc1)C(=O)CP(O)O. The largest absolute Gasteiger partial charge is 0.380 e. The number of aromatic nitrogens is 4. The molecule has 194 valence electrons. The molecule has 0 aliphatic heterocycles. The van der Waals surface area contributed by atoms with E-state index in [-0.39, 0.29) is 23.5 Å². The Morgan fingerprint density at radius 1 is 1.28 bits per heavy atom. The number of carbonyl (C=O) groups is 1. The van der Waals surface area contributed by atoms with Crippen LogP contribution in [0.4, 0.5) is 5.82 Å². The summed E-state index contributed by atoms with van der Waals surface area (Å²) >= 11 is 6.24. The lowest BCUT2D eigenvalue weighted by Crippen LogP contribution is -2.39. The second-order valence-corrected chi connectivity index (χ2v) is 10.4. The summed E-state index contributed by atoms with van der Waals surface area (Å²) in [4.78, 5) is 46.5. The van der Waals surface area contributed by atoms with Gasteiger partial charge in [0.05, 0.1) is 18.6 Å². The Morgan fingerprint density at radius 3 is 2.72 bits per heavy atom. The average molecular weight is 535 g/mol. The highest BCUT2D eigenvalue weighted by molar-refractivity contribution is 7.46. The summed E-state index contributed by atoms with van der Waals surface area (Å²) in [6.07, 6.45) is 6.32. The number of fused-ring (bicyclic) bond motifs is 1. The number of amides is 1. The summed E-state index contributed by atoms with van der Waals surface area (Å²) in [6.45, 7) is 1.21. The number of imidazole rings is 1. The monoisotopic (exact) mass is 534 g/mol. The third kappa shape index (κ3) is 7.11. The van der Waals surface area contributed by atoms with E-state index in [2.05, 4.69) is 20.3 Å². The fraction of sp³-hybridized carbons (Fsp3) is 0.500. The Balaban J connectivity index is 1.45. The van der Waals surface area contributed by atoms with Crippen molar-refractivity contribution >= 4 is 42.9 Å². The number of rotatable bonds is 12. The summed E-state index contributed by atoms with van der Waals surface area (Å²) in [7, 11) is -0.716. The van der Waals surface area contributed by atoms with E-state index in [4.69, 9.17) is 16.3 Å². The maximum absolute atomic E-state index is 12.7. The van der Waals surface area contributed by atoms with E-state index in [1.54, 1.807) is 18.3 Å². The molecule has 1 amide bonds. The molecule has 2 heterocycles. The molecule has 1 saturated carbocycles. The third-order valence-corrected chi connectivity index (χ3v) is 7.15. The first-order valence-corrected chi connectivity index (χ1v) is 13.9. The van der Waals surface area contributed by atoms with Gasteiger partial charge in [-0.1, -0.05) is 43.2 Å². The minimum absolute atomic E-state index is 0.164. The molecule has 1 atom stereocenters. The van der Waals surface area contributed by atoms with Crippen LogP contribution in [0.2, 0.25) is 5.28 Å². The van der Waals surface area contributed by atoms with Gasteiger partial charge in [0.1, 0.15) is 0 Å². The number of hydrogen-bond acceptors (Lipinski definition) is 8. The van der Waals surface area contributed by atoms with Crippen LogP contribution in [0.25, 0.3) is 11.2 Å². The molecule has 10 nitrogen and oxygen atoms in total. The van der Waals surface area contributed by atoms with Crippen LogP contribution >= 0.6 is 20.0 Å². The van der Waals surface area contributed by atoms with E-state index in [9.17, 15) is 14.6 Å². The highest BCUT2D eigenvalue weighted by Crippen LogP contribution is 2.27. The average Bonchev–Trinajstić information content (AvgIpc) is 3.51. The molecule has 2 aromatic heterocycles. The first kappa shape index (κ1) is 26.7. The molecule has 1 aliphatic rings. The Kier molecular flexibility index (Phi) is 9.45. The van der Waals surface area contributed by atoms with Crippen LogP contribution in [-0.2, 0) is 22.6 Å². The molecule has 12 heteroatoms. The highest BCUT2D eigenvalue weighted by atomic mass is 35.5. The van der Waals surface area contributed by atoms with Gasteiger partial charge in [0.25, 0.3) is 0 Å². The molecule has 3 aromatic rings. The molecular formula is C24H32ClN6O4P. The molecule has 3 N–H and O–H groups in total. The van der Waals surface area contributed by atoms with Crippen LogP contribution in [0.5, 0.6) is 0 Å². The van der Waals surface area contributed by atoms with Crippen LogP contribution in [0.15, 0.2) is 36.7 Å². The lowest BCUT2D eigenvalue weighted by molar-refractivity contribution is -0.131. The molecule has 0 radical (unpaired) electrons. The van der Waals surface area contributed by atoms with Crippen molar-refractivity contribution in [2.24, 2.45) is 0 Å². The Morgan fingerprint density at radius 2 is 2.03 bits per heavy atom. The fourth-order valence-electron chi connectivity index (χ4n) is 4.54. The van der Waals surface area contributed by atoms with Gasteiger partial charge in [-0.3, -0.25) is 4.79 Å². The van der Waals surface area contributed by atoms with Gasteiger partial charge < -0.3 is 29.3 Å². The molecule has 0 bridgehead atoms. The molecular weight excluding hydrogens is 503 g/mol. The van der Waals surface area contributed by atoms with Crippen molar-refractivity contribution < 1.29 is 19.3 Å². The Bertz CT molecular complexity index is 1140. The van der Waals surface area contributed by atoms with Crippen molar-refractivity contribution in [2.75, 3.05) is 25.1 Å². The number of nitrogens with one attached hydrogen (secondary N) is 1. The topological polar surface area (TPSA) is 126 Å². The van der Waals surface area contributed by atoms with Crippen molar-refractivity contribution in [2.45, 2.75) is 57.3 Å². The molecule has 1 fully saturated rings. The number of halogens is 1. The van der Waals surface area contributed by atoms with Gasteiger partial charge in [0.15, 0.2) is 25.4 Å². The summed E-state index contributed by atoms with van der Waals surface area (Å²) in [5, 5.41) is 3.64. The van der Waals surface area contributed by atoms with Gasteiger partial charge in [-0.05, 0) is 36.4 Å². The Labute approximate surface area is 216 Å². The van der Waals surface area contributed by atoms with Crippen molar-refractivity contribution in [1.82, 2.24) is 24.4 Å². The lowest BCUT2D eigenvalue weighted by atomic mass is 10.2. The van der Waals surface area contributed by atoms with E-state index >= 15 is 0 Å². The minimum atomic E-state index is -2.32. The second kappa shape index (κ2) is 12.7. The third-order valence-electron chi connectivity index (χ3n) is 6.43. The van der Waals surface area contributed by atoms with Crippen molar-refractivity contribution in [1.29, 1.82) is 0 Å². The van der Waals surface area contributed by atoms with Crippen molar-refractivity contribution in [3.8, 4) is 0 Å². The molecule has 1 aliphatic carbocycles. The summed E-state index contributed by atoms with van der Waals surface area (Å²) < 4.78 is 7.62. The normalized spacial score (nSPS) is 15.0. The van der Waals surface area contributed by atoms with E-state index < -0.39 is 8.38 Å². The molecule has 4 rings (SSSR count). The zero-order valence-corrected chi connectivity index (χ0v) is 21.9. The van der Waals surface area contributed by atoms with Crippen molar-refractivity contribution in [3.05, 3.63) is 47.5 Å². The number of hydrogen-bond donors (Lipinski definition) is 3.